The molecule has 0 spiro atoms. The molecule has 0 aliphatic heterocycles. The average molecular weight is 447 g/mol. The first-order valence-corrected chi connectivity index (χ1v) is 11.8. The van der Waals surface area contributed by atoms with Gasteiger partial charge in [-0.15, -0.1) is 0 Å². The van der Waals surface area contributed by atoms with Gasteiger partial charge in [0.2, 0.25) is 5.91 Å². The van der Waals surface area contributed by atoms with E-state index in [1.807, 2.05) is 18.2 Å². The highest BCUT2D eigenvalue weighted by molar-refractivity contribution is 5.93. The first-order valence-electron chi connectivity index (χ1n) is 11.8. The van der Waals surface area contributed by atoms with E-state index in [-0.39, 0.29) is 34.9 Å². The minimum atomic E-state index is -0.407. The van der Waals surface area contributed by atoms with Crippen LogP contribution in [0.1, 0.15) is 81.8 Å². The first kappa shape index (κ1) is 26.3. The van der Waals surface area contributed by atoms with Crippen molar-refractivity contribution >= 4 is 11.9 Å². The van der Waals surface area contributed by atoms with Crippen LogP contribution in [-0.4, -0.2) is 44.8 Å². The summed E-state index contributed by atoms with van der Waals surface area (Å²) in [6.45, 7) is 11.5. The molecule has 1 unspecified atom stereocenters. The first-order chi connectivity index (χ1) is 15.0. The van der Waals surface area contributed by atoms with Crippen LogP contribution >= 0.6 is 0 Å². The van der Waals surface area contributed by atoms with Crippen molar-refractivity contribution in [2.75, 3.05) is 20.8 Å². The van der Waals surface area contributed by atoms with E-state index >= 15 is 0 Å². The van der Waals surface area contributed by atoms with Crippen molar-refractivity contribution in [1.29, 1.82) is 0 Å². The summed E-state index contributed by atoms with van der Waals surface area (Å²) < 4.78 is 11.0. The zero-order valence-corrected chi connectivity index (χ0v) is 20.9. The third-order valence-corrected chi connectivity index (χ3v) is 7.13. The summed E-state index contributed by atoms with van der Waals surface area (Å²) in [6, 6.07) is 5.87. The number of hydrogen-bond acceptors (Lipinski definition) is 5. The van der Waals surface area contributed by atoms with Gasteiger partial charge in [-0.05, 0) is 60.9 Å². The Labute approximate surface area is 193 Å². The number of primary amides is 1. The molecule has 6 nitrogen and oxygen atoms in total. The Hall–Kier alpha value is -1.92. The number of nitrogens with two attached hydrogens (primary N) is 1. The molecule has 0 fully saturated rings. The minimum absolute atomic E-state index is 0.000945. The summed E-state index contributed by atoms with van der Waals surface area (Å²) in [5, 5.41) is 3.75. The van der Waals surface area contributed by atoms with E-state index in [9.17, 15) is 9.59 Å². The fraction of sp³-hybridized carbons (Fsp3) is 0.692. The van der Waals surface area contributed by atoms with E-state index in [2.05, 4.69) is 39.9 Å². The Bertz CT molecular complexity index is 796. The Kier molecular flexibility index (Phi) is 8.89. The molecule has 1 amide bonds. The normalized spacial score (nSPS) is 21.0. The van der Waals surface area contributed by atoms with E-state index in [0.717, 1.165) is 25.7 Å². The van der Waals surface area contributed by atoms with Gasteiger partial charge in [0.25, 0.3) is 0 Å². The summed E-state index contributed by atoms with van der Waals surface area (Å²) >= 11 is 0. The maximum atomic E-state index is 12.4. The van der Waals surface area contributed by atoms with Crippen LogP contribution in [0.15, 0.2) is 18.2 Å². The molecule has 3 N–H and O–H groups in total. The maximum absolute atomic E-state index is 12.4. The van der Waals surface area contributed by atoms with Crippen LogP contribution in [-0.2, 0) is 26.1 Å². The highest BCUT2D eigenvalue weighted by Gasteiger charge is 2.46. The van der Waals surface area contributed by atoms with Gasteiger partial charge in [0.1, 0.15) is 0 Å². The van der Waals surface area contributed by atoms with Gasteiger partial charge >= 0.3 is 5.97 Å². The van der Waals surface area contributed by atoms with Gasteiger partial charge in [0.15, 0.2) is 0 Å². The third kappa shape index (κ3) is 5.70. The molecule has 1 aromatic rings. The van der Waals surface area contributed by atoms with Gasteiger partial charge < -0.3 is 20.5 Å². The number of amides is 1. The van der Waals surface area contributed by atoms with Gasteiger partial charge in [-0.1, -0.05) is 40.7 Å². The lowest BCUT2D eigenvalue weighted by atomic mass is 9.62. The average Bonchev–Trinajstić information content (AvgIpc) is 2.75. The number of nitrogens with one attached hydrogen (secondary N) is 1. The Morgan fingerprint density at radius 2 is 1.88 bits per heavy atom. The van der Waals surface area contributed by atoms with Gasteiger partial charge in [0, 0.05) is 30.6 Å². The molecular weight excluding hydrogens is 404 g/mol. The molecule has 0 saturated heterocycles. The molecule has 180 valence electrons. The Morgan fingerprint density at radius 3 is 2.38 bits per heavy atom. The molecule has 1 aliphatic carbocycles. The van der Waals surface area contributed by atoms with Crippen LogP contribution < -0.4 is 11.1 Å². The fourth-order valence-corrected chi connectivity index (χ4v) is 5.47. The van der Waals surface area contributed by atoms with Crippen molar-refractivity contribution < 1.29 is 19.1 Å². The lowest BCUT2D eigenvalue weighted by molar-refractivity contribution is -0.146. The number of methoxy groups -OCH3 is 2. The predicted octanol–water partition coefficient (Wildman–Crippen LogP) is 3.99. The number of esters is 1. The summed E-state index contributed by atoms with van der Waals surface area (Å²) in [5.41, 5.74) is 8.38. The second kappa shape index (κ2) is 10.8. The number of rotatable bonds is 10. The molecule has 0 radical (unpaired) electrons. The standard InChI is InChI=1S/C26H42N2O4/c1-8-26(9-2)20-14-18(23(27)29)11-10-17(20)15-21(31-6)22(26)28-13-12-19(24(30)32-7)16-25(3,4)5/h10-11,14,19,21-22,28H,8-9,12-13,15-16H2,1-7H3,(H2,27,29)/t19?,21-,22+/m0/s1. The van der Waals surface area contributed by atoms with Crippen LogP contribution in [0, 0.1) is 11.3 Å². The summed E-state index contributed by atoms with van der Waals surface area (Å²) in [7, 11) is 3.22. The zero-order valence-electron chi connectivity index (χ0n) is 20.9. The van der Waals surface area contributed by atoms with E-state index in [4.69, 9.17) is 15.2 Å². The second-order valence-corrected chi connectivity index (χ2v) is 10.3. The number of hydrogen-bond donors (Lipinski definition) is 2. The minimum Gasteiger partial charge on any atom is -0.469 e. The molecule has 0 heterocycles. The van der Waals surface area contributed by atoms with E-state index in [1.54, 1.807) is 7.11 Å². The molecule has 0 bridgehead atoms. The summed E-state index contributed by atoms with van der Waals surface area (Å²) in [6.07, 6.45) is 4.05. The molecule has 32 heavy (non-hydrogen) atoms. The van der Waals surface area contributed by atoms with Gasteiger partial charge in [-0.3, -0.25) is 9.59 Å². The highest BCUT2D eigenvalue weighted by Crippen LogP contribution is 2.44. The molecule has 3 atom stereocenters. The SMILES string of the molecule is CCC1(CC)c2cc(C(N)=O)ccc2C[C@H](OC)[C@H]1NCCC(CC(C)(C)C)C(=O)OC. The second-order valence-electron chi connectivity index (χ2n) is 10.3. The molecule has 0 aromatic heterocycles. The van der Waals surface area contributed by atoms with Gasteiger partial charge in [-0.25, -0.2) is 0 Å². The molecule has 1 aromatic carbocycles. The van der Waals surface area contributed by atoms with E-state index in [1.165, 1.54) is 18.2 Å². The van der Waals surface area contributed by atoms with E-state index < -0.39 is 5.91 Å². The predicted molar refractivity (Wildman–Crippen MR) is 128 cm³/mol. The van der Waals surface area contributed by atoms with Crippen molar-refractivity contribution in [3.63, 3.8) is 0 Å². The fourth-order valence-electron chi connectivity index (χ4n) is 5.47. The molecule has 0 saturated carbocycles. The topological polar surface area (TPSA) is 90.7 Å². The maximum Gasteiger partial charge on any atom is 0.308 e. The van der Waals surface area contributed by atoms with Crippen LogP contribution in [0.3, 0.4) is 0 Å². The van der Waals surface area contributed by atoms with Crippen LogP contribution in [0.25, 0.3) is 0 Å². The van der Waals surface area contributed by atoms with Crippen molar-refractivity contribution in [1.82, 2.24) is 5.32 Å². The molecule has 6 heteroatoms. The number of fused-ring (bicyclic) bond motifs is 1. The Morgan fingerprint density at radius 1 is 1.22 bits per heavy atom. The summed E-state index contributed by atoms with van der Waals surface area (Å²) in [5.74, 6) is -0.707. The van der Waals surface area contributed by atoms with Crippen LogP contribution in [0.2, 0.25) is 0 Å². The smallest absolute Gasteiger partial charge is 0.308 e. The largest absolute Gasteiger partial charge is 0.469 e. The molecule has 1 aliphatic rings. The lowest BCUT2D eigenvalue weighted by Crippen LogP contribution is -2.59. The van der Waals surface area contributed by atoms with Crippen LogP contribution in [0.4, 0.5) is 0 Å². The van der Waals surface area contributed by atoms with Gasteiger partial charge in [0.05, 0.1) is 19.1 Å². The monoisotopic (exact) mass is 446 g/mol. The van der Waals surface area contributed by atoms with Crippen LogP contribution in [0.5, 0.6) is 0 Å². The summed E-state index contributed by atoms with van der Waals surface area (Å²) in [4.78, 5) is 24.2. The molecule has 2 rings (SSSR count). The Balaban J connectivity index is 2.33. The van der Waals surface area contributed by atoms with Crippen molar-refractivity contribution in [2.24, 2.45) is 17.1 Å². The lowest BCUT2D eigenvalue weighted by Gasteiger charge is -2.49. The number of carbonyl (C=O) groups excluding carboxylic acids is 2. The number of carbonyl (C=O) groups is 2. The van der Waals surface area contributed by atoms with Gasteiger partial charge in [-0.2, -0.15) is 0 Å². The van der Waals surface area contributed by atoms with Crippen molar-refractivity contribution in [3.8, 4) is 0 Å². The quantitative estimate of drug-likeness (QED) is 0.531. The van der Waals surface area contributed by atoms with Crippen molar-refractivity contribution in [2.45, 2.75) is 84.3 Å². The van der Waals surface area contributed by atoms with E-state index in [0.29, 0.717) is 18.5 Å². The number of ether oxygens (including phenoxy) is 2. The number of benzene rings is 1. The highest BCUT2D eigenvalue weighted by atomic mass is 16.5. The van der Waals surface area contributed by atoms with Crippen molar-refractivity contribution in [3.05, 3.63) is 34.9 Å². The zero-order chi connectivity index (χ0) is 24.1. The molecular formula is C26H42N2O4. The third-order valence-electron chi connectivity index (χ3n) is 7.13.